The average molecular weight is 254 g/mol. The number of pyridine rings is 1. The molecule has 2 aromatic heterocycles. The molecule has 0 amide bonds. The van der Waals surface area contributed by atoms with Gasteiger partial charge in [0.2, 0.25) is 0 Å². The van der Waals surface area contributed by atoms with Crippen LogP contribution < -0.4 is 11.1 Å². The third-order valence-electron chi connectivity index (χ3n) is 2.99. The first-order valence-electron chi connectivity index (χ1n) is 6.02. The van der Waals surface area contributed by atoms with Crippen molar-refractivity contribution in [2.45, 2.75) is 13.5 Å². The van der Waals surface area contributed by atoms with Gasteiger partial charge >= 0.3 is 0 Å². The second-order valence-electron chi connectivity index (χ2n) is 4.40. The zero-order valence-electron chi connectivity index (χ0n) is 10.6. The van der Waals surface area contributed by atoms with E-state index in [9.17, 15) is 0 Å². The Hall–Kier alpha value is -2.56. The van der Waals surface area contributed by atoms with Gasteiger partial charge in [0, 0.05) is 24.6 Å². The summed E-state index contributed by atoms with van der Waals surface area (Å²) in [7, 11) is 0. The smallest absolute Gasteiger partial charge is 0.295 e. The predicted octanol–water partition coefficient (Wildman–Crippen LogP) is 2.73. The van der Waals surface area contributed by atoms with Gasteiger partial charge in [0.05, 0.1) is 0 Å². The number of nitrogens with one attached hydrogen (secondary N) is 1. The van der Waals surface area contributed by atoms with Crippen LogP contribution in [-0.2, 0) is 6.54 Å². The lowest BCUT2D eigenvalue weighted by molar-refractivity contribution is 0.614. The number of fused-ring (bicyclic) bond motifs is 1. The second kappa shape index (κ2) is 4.61. The number of nitrogens with zero attached hydrogens (tertiary/aromatic N) is 2. The molecule has 0 aliphatic heterocycles. The minimum absolute atomic E-state index is 0.490. The van der Waals surface area contributed by atoms with Crippen LogP contribution in [0.5, 0.6) is 0 Å². The number of benzene rings is 1. The number of nitrogens with two attached hydrogens (primary N) is 1. The van der Waals surface area contributed by atoms with Crippen LogP contribution in [-0.4, -0.2) is 9.97 Å². The van der Waals surface area contributed by atoms with Crippen molar-refractivity contribution in [2.24, 2.45) is 0 Å². The summed E-state index contributed by atoms with van der Waals surface area (Å²) in [4.78, 5) is 8.44. The van der Waals surface area contributed by atoms with Gasteiger partial charge in [-0.25, -0.2) is 0 Å². The molecule has 0 radical (unpaired) electrons. The SMILES string of the molecule is Cc1ccncc1CNc1nc2cc(N)ccc2o1. The van der Waals surface area contributed by atoms with Crippen molar-refractivity contribution in [3.05, 3.63) is 47.8 Å². The van der Waals surface area contributed by atoms with Crippen LogP contribution in [0.15, 0.2) is 41.1 Å². The van der Waals surface area contributed by atoms with Gasteiger partial charge < -0.3 is 15.5 Å². The first kappa shape index (κ1) is 11.5. The van der Waals surface area contributed by atoms with Crippen molar-refractivity contribution >= 4 is 22.8 Å². The van der Waals surface area contributed by atoms with Crippen molar-refractivity contribution in [3.63, 3.8) is 0 Å². The van der Waals surface area contributed by atoms with E-state index in [0.717, 1.165) is 16.7 Å². The summed E-state index contributed by atoms with van der Waals surface area (Å²) in [6, 6.07) is 7.87. The Morgan fingerprint density at radius 3 is 3.05 bits per heavy atom. The van der Waals surface area contributed by atoms with Crippen LogP contribution in [0.3, 0.4) is 0 Å². The van der Waals surface area contributed by atoms with E-state index in [4.69, 9.17) is 10.2 Å². The van der Waals surface area contributed by atoms with Crippen molar-refractivity contribution in [1.82, 2.24) is 9.97 Å². The molecule has 3 rings (SSSR count). The molecule has 2 heterocycles. The largest absolute Gasteiger partial charge is 0.424 e. The Labute approximate surface area is 110 Å². The highest BCUT2D eigenvalue weighted by molar-refractivity contribution is 5.78. The van der Waals surface area contributed by atoms with Crippen LogP contribution in [0.2, 0.25) is 0 Å². The van der Waals surface area contributed by atoms with E-state index < -0.39 is 0 Å². The monoisotopic (exact) mass is 254 g/mol. The van der Waals surface area contributed by atoms with E-state index >= 15 is 0 Å². The van der Waals surface area contributed by atoms with Gasteiger partial charge in [-0.05, 0) is 42.3 Å². The third-order valence-corrected chi connectivity index (χ3v) is 2.99. The zero-order valence-corrected chi connectivity index (χ0v) is 10.6. The van der Waals surface area contributed by atoms with Gasteiger partial charge in [0.15, 0.2) is 5.58 Å². The number of anilines is 2. The number of rotatable bonds is 3. The van der Waals surface area contributed by atoms with E-state index in [1.807, 2.05) is 25.3 Å². The first-order valence-corrected chi connectivity index (χ1v) is 6.02. The maximum atomic E-state index is 5.71. The maximum Gasteiger partial charge on any atom is 0.295 e. The molecule has 0 bridgehead atoms. The molecule has 0 saturated carbocycles. The van der Waals surface area contributed by atoms with Crippen molar-refractivity contribution in [2.75, 3.05) is 11.1 Å². The van der Waals surface area contributed by atoms with Gasteiger partial charge in [-0.3, -0.25) is 4.98 Å². The van der Waals surface area contributed by atoms with Gasteiger partial charge in [-0.2, -0.15) is 4.98 Å². The minimum atomic E-state index is 0.490. The number of hydrogen-bond donors (Lipinski definition) is 2. The summed E-state index contributed by atoms with van der Waals surface area (Å²) >= 11 is 0. The molecule has 96 valence electrons. The third kappa shape index (κ3) is 2.35. The highest BCUT2D eigenvalue weighted by atomic mass is 16.4. The van der Waals surface area contributed by atoms with E-state index in [2.05, 4.69) is 15.3 Å². The van der Waals surface area contributed by atoms with Gasteiger partial charge in [-0.15, -0.1) is 0 Å². The van der Waals surface area contributed by atoms with Crippen LogP contribution in [0.4, 0.5) is 11.7 Å². The topological polar surface area (TPSA) is 77.0 Å². The minimum Gasteiger partial charge on any atom is -0.424 e. The first-order chi connectivity index (χ1) is 9.22. The lowest BCUT2D eigenvalue weighted by Gasteiger charge is -2.04. The molecule has 3 aromatic rings. The van der Waals surface area contributed by atoms with E-state index in [-0.39, 0.29) is 0 Å². The molecule has 3 N–H and O–H groups in total. The fraction of sp³-hybridized carbons (Fsp3) is 0.143. The fourth-order valence-corrected chi connectivity index (χ4v) is 1.87. The molecule has 5 heteroatoms. The van der Waals surface area contributed by atoms with E-state index in [1.165, 1.54) is 5.56 Å². The second-order valence-corrected chi connectivity index (χ2v) is 4.40. The normalized spacial score (nSPS) is 10.8. The number of hydrogen-bond acceptors (Lipinski definition) is 5. The fourth-order valence-electron chi connectivity index (χ4n) is 1.87. The number of aryl methyl sites for hydroxylation is 1. The van der Waals surface area contributed by atoms with Gasteiger partial charge in [-0.1, -0.05) is 0 Å². The molecular formula is C14H14N4O. The average Bonchev–Trinajstić information content (AvgIpc) is 2.79. The summed E-state index contributed by atoms with van der Waals surface area (Å²) in [6.07, 6.45) is 3.62. The lowest BCUT2D eigenvalue weighted by atomic mass is 10.2. The van der Waals surface area contributed by atoms with E-state index in [1.54, 1.807) is 18.3 Å². The summed E-state index contributed by atoms with van der Waals surface area (Å²) in [6.45, 7) is 2.67. The summed E-state index contributed by atoms with van der Waals surface area (Å²) < 4.78 is 5.59. The summed E-state index contributed by atoms with van der Waals surface area (Å²) in [5.74, 6) is 0. The standard InChI is InChI=1S/C14H14N4O/c1-9-4-5-16-7-10(9)8-17-14-18-12-6-11(15)2-3-13(12)19-14/h2-7H,8,15H2,1H3,(H,17,18). The Morgan fingerprint density at radius 1 is 1.32 bits per heavy atom. The number of nitrogen functional groups attached to an aromatic ring is 1. The molecule has 19 heavy (non-hydrogen) atoms. The summed E-state index contributed by atoms with van der Waals surface area (Å²) in [5, 5.41) is 3.15. The number of aromatic nitrogens is 2. The maximum absolute atomic E-state index is 5.71. The molecule has 0 aliphatic rings. The Morgan fingerprint density at radius 2 is 2.21 bits per heavy atom. The molecule has 0 fully saturated rings. The van der Waals surface area contributed by atoms with Crippen LogP contribution in [0.1, 0.15) is 11.1 Å². The molecule has 1 aromatic carbocycles. The molecule has 5 nitrogen and oxygen atoms in total. The molecular weight excluding hydrogens is 240 g/mol. The van der Waals surface area contributed by atoms with Gasteiger partial charge in [0.25, 0.3) is 6.01 Å². The Kier molecular flexibility index (Phi) is 2.79. The van der Waals surface area contributed by atoms with Crippen molar-refractivity contribution in [3.8, 4) is 0 Å². The molecule has 0 spiro atoms. The van der Waals surface area contributed by atoms with Crippen molar-refractivity contribution in [1.29, 1.82) is 0 Å². The quantitative estimate of drug-likeness (QED) is 0.703. The lowest BCUT2D eigenvalue weighted by Crippen LogP contribution is -2.01. The Balaban J connectivity index is 1.80. The molecule has 0 unspecified atom stereocenters. The predicted molar refractivity (Wildman–Crippen MR) is 74.7 cm³/mol. The molecule has 0 atom stereocenters. The van der Waals surface area contributed by atoms with Crippen LogP contribution >= 0.6 is 0 Å². The van der Waals surface area contributed by atoms with Crippen LogP contribution in [0, 0.1) is 6.92 Å². The van der Waals surface area contributed by atoms with Crippen LogP contribution in [0.25, 0.3) is 11.1 Å². The van der Waals surface area contributed by atoms with E-state index in [0.29, 0.717) is 18.2 Å². The zero-order chi connectivity index (χ0) is 13.2. The molecule has 0 aliphatic carbocycles. The number of oxazole rings is 1. The Bertz CT molecular complexity index is 720. The highest BCUT2D eigenvalue weighted by Crippen LogP contribution is 2.21. The highest BCUT2D eigenvalue weighted by Gasteiger charge is 2.06. The molecule has 0 saturated heterocycles. The van der Waals surface area contributed by atoms with Crippen molar-refractivity contribution < 1.29 is 4.42 Å². The van der Waals surface area contributed by atoms with Gasteiger partial charge in [0.1, 0.15) is 5.52 Å². The summed E-state index contributed by atoms with van der Waals surface area (Å²) in [5.41, 5.74) is 10.2.